The molecule has 2 nitrogen and oxygen atoms in total. The van der Waals surface area contributed by atoms with Gasteiger partial charge in [-0.3, -0.25) is 0 Å². The maximum atomic E-state index is 13.8. The molecule has 0 unspecified atom stereocenters. The number of fused-ring (bicyclic) bond motifs is 2. The highest BCUT2D eigenvalue weighted by molar-refractivity contribution is 7.21. The van der Waals surface area contributed by atoms with Gasteiger partial charge in [0, 0.05) is 15.6 Å². The minimum Gasteiger partial charge on any atom is -0.456 e. The van der Waals surface area contributed by atoms with Crippen LogP contribution in [-0.2, 0) is 11.3 Å². The molecule has 0 spiro atoms. The normalized spacial score (nSPS) is 11.4. The van der Waals surface area contributed by atoms with Gasteiger partial charge in [0.2, 0.25) is 0 Å². The van der Waals surface area contributed by atoms with Crippen molar-refractivity contribution in [3.05, 3.63) is 67.8 Å². The second-order valence-corrected chi connectivity index (χ2v) is 8.45. The van der Waals surface area contributed by atoms with E-state index in [0.29, 0.717) is 29.7 Å². The predicted molar refractivity (Wildman–Crippen MR) is 103 cm³/mol. The lowest BCUT2D eigenvalue weighted by atomic mass is 10.2. The third-order valence-corrected chi connectivity index (χ3v) is 6.91. The molecule has 0 atom stereocenters. The number of benzene rings is 2. The Morgan fingerprint density at radius 3 is 2.08 bits per heavy atom. The van der Waals surface area contributed by atoms with E-state index in [1.807, 2.05) is 0 Å². The van der Waals surface area contributed by atoms with Gasteiger partial charge >= 0.3 is 5.97 Å². The van der Waals surface area contributed by atoms with Crippen molar-refractivity contribution < 1.29 is 18.3 Å². The standard InChI is InChI=1S/C18H8Cl2F2O2S2/c19-11-1-3-13(21)9-5-8(25-16(9)11)7-24-18(23)15-6-10-14(22)4-2-12(20)17(10)26-15/h1-6H,7H2. The van der Waals surface area contributed by atoms with Crippen molar-refractivity contribution in [3.63, 3.8) is 0 Å². The maximum absolute atomic E-state index is 13.8. The summed E-state index contributed by atoms with van der Waals surface area (Å²) in [5.74, 6) is -1.42. The van der Waals surface area contributed by atoms with E-state index >= 15 is 0 Å². The van der Waals surface area contributed by atoms with Crippen molar-refractivity contribution in [1.29, 1.82) is 0 Å². The monoisotopic (exact) mass is 428 g/mol. The Morgan fingerprint density at radius 1 is 0.923 bits per heavy atom. The van der Waals surface area contributed by atoms with Crippen LogP contribution in [-0.4, -0.2) is 5.97 Å². The molecule has 0 aliphatic rings. The fraction of sp³-hybridized carbons (Fsp3) is 0.0556. The number of rotatable bonds is 3. The summed E-state index contributed by atoms with van der Waals surface area (Å²) in [7, 11) is 0. The number of halogens is 4. The molecular weight excluding hydrogens is 421 g/mol. The Balaban J connectivity index is 1.58. The highest BCUT2D eigenvalue weighted by Crippen LogP contribution is 2.36. The quantitative estimate of drug-likeness (QED) is 0.326. The second kappa shape index (κ2) is 6.78. The topological polar surface area (TPSA) is 26.3 Å². The largest absolute Gasteiger partial charge is 0.456 e. The molecule has 2 aromatic carbocycles. The van der Waals surface area contributed by atoms with E-state index in [0.717, 1.165) is 11.3 Å². The molecule has 0 fully saturated rings. The molecule has 0 amide bonds. The zero-order valence-electron chi connectivity index (χ0n) is 12.8. The first-order chi connectivity index (χ1) is 12.4. The van der Waals surface area contributed by atoms with Gasteiger partial charge in [-0.1, -0.05) is 23.2 Å². The Morgan fingerprint density at radius 2 is 1.50 bits per heavy atom. The number of hydrogen-bond donors (Lipinski definition) is 0. The molecule has 132 valence electrons. The summed E-state index contributed by atoms with van der Waals surface area (Å²) in [4.78, 5) is 13.2. The van der Waals surface area contributed by atoms with Crippen LogP contribution >= 0.6 is 45.9 Å². The molecule has 0 aliphatic carbocycles. The van der Waals surface area contributed by atoms with Crippen LogP contribution in [0.2, 0.25) is 10.0 Å². The van der Waals surface area contributed by atoms with E-state index in [1.54, 1.807) is 6.07 Å². The number of hydrogen-bond acceptors (Lipinski definition) is 4. The third-order valence-electron chi connectivity index (χ3n) is 3.76. The molecule has 2 heterocycles. The van der Waals surface area contributed by atoms with Gasteiger partial charge < -0.3 is 4.74 Å². The molecular formula is C18H8Cl2F2O2S2. The molecule has 2 aromatic heterocycles. The first kappa shape index (κ1) is 17.7. The summed E-state index contributed by atoms with van der Waals surface area (Å²) in [5, 5.41) is 1.49. The number of thiophene rings is 2. The number of ether oxygens (including phenoxy) is 1. The summed E-state index contributed by atoms with van der Waals surface area (Å²) in [6.45, 7) is -0.0294. The van der Waals surface area contributed by atoms with Crippen molar-refractivity contribution in [2.24, 2.45) is 0 Å². The first-order valence-corrected chi connectivity index (χ1v) is 9.74. The third kappa shape index (κ3) is 3.07. The van der Waals surface area contributed by atoms with E-state index in [4.69, 9.17) is 27.9 Å². The highest BCUT2D eigenvalue weighted by Gasteiger charge is 2.17. The molecule has 0 radical (unpaired) electrons. The van der Waals surface area contributed by atoms with Crippen LogP contribution in [0.25, 0.3) is 20.2 Å². The Hall–Kier alpha value is -1.73. The predicted octanol–water partition coefficient (Wildman–Crippen LogP) is 7.06. The average molecular weight is 429 g/mol. The molecule has 4 aromatic rings. The van der Waals surface area contributed by atoms with Gasteiger partial charge in [0.05, 0.1) is 19.4 Å². The van der Waals surface area contributed by atoms with Crippen LogP contribution in [0.5, 0.6) is 0 Å². The van der Waals surface area contributed by atoms with E-state index in [-0.39, 0.29) is 22.7 Å². The van der Waals surface area contributed by atoms with Gasteiger partial charge in [-0.2, -0.15) is 0 Å². The summed E-state index contributed by atoms with van der Waals surface area (Å²) < 4.78 is 34.1. The second-order valence-electron chi connectivity index (χ2n) is 5.44. The average Bonchev–Trinajstić information content (AvgIpc) is 3.25. The fourth-order valence-electron chi connectivity index (χ4n) is 2.55. The fourth-order valence-corrected chi connectivity index (χ4v) is 5.07. The van der Waals surface area contributed by atoms with Gasteiger partial charge in [0.1, 0.15) is 23.1 Å². The van der Waals surface area contributed by atoms with Crippen LogP contribution in [0.15, 0.2) is 36.4 Å². The van der Waals surface area contributed by atoms with Crippen molar-refractivity contribution in [3.8, 4) is 0 Å². The zero-order chi connectivity index (χ0) is 18.4. The van der Waals surface area contributed by atoms with Gasteiger partial charge in [0.25, 0.3) is 0 Å². The van der Waals surface area contributed by atoms with E-state index in [1.165, 1.54) is 41.7 Å². The lowest BCUT2D eigenvalue weighted by molar-refractivity contribution is 0.0483. The van der Waals surface area contributed by atoms with Crippen LogP contribution < -0.4 is 0 Å². The zero-order valence-corrected chi connectivity index (χ0v) is 16.0. The smallest absolute Gasteiger partial charge is 0.348 e. The van der Waals surface area contributed by atoms with Gasteiger partial charge in [0.15, 0.2) is 0 Å². The van der Waals surface area contributed by atoms with E-state index in [2.05, 4.69) is 0 Å². The lowest BCUT2D eigenvalue weighted by Crippen LogP contribution is -2.01. The van der Waals surface area contributed by atoms with Gasteiger partial charge in [-0.15, -0.1) is 22.7 Å². The van der Waals surface area contributed by atoms with Crippen LogP contribution in [0.4, 0.5) is 8.78 Å². The highest BCUT2D eigenvalue weighted by atomic mass is 35.5. The minimum atomic E-state index is -0.592. The van der Waals surface area contributed by atoms with Crippen molar-refractivity contribution in [1.82, 2.24) is 0 Å². The number of esters is 1. The molecule has 0 saturated heterocycles. The molecule has 0 N–H and O–H groups in total. The van der Waals surface area contributed by atoms with Crippen molar-refractivity contribution in [2.75, 3.05) is 0 Å². The molecule has 0 saturated carbocycles. The molecule has 8 heteroatoms. The summed E-state index contributed by atoms with van der Waals surface area (Å²) in [6, 6.07) is 8.51. The maximum Gasteiger partial charge on any atom is 0.348 e. The van der Waals surface area contributed by atoms with Crippen LogP contribution in [0.1, 0.15) is 14.5 Å². The summed E-state index contributed by atoms with van der Waals surface area (Å²) >= 11 is 14.4. The SMILES string of the molecule is O=C(OCc1cc2c(F)ccc(Cl)c2s1)c1cc2c(F)ccc(Cl)c2s1. The number of carbonyl (C=O) groups excluding carboxylic acids is 1. The Kier molecular flexibility index (Phi) is 4.61. The molecule has 0 bridgehead atoms. The summed E-state index contributed by atoms with van der Waals surface area (Å²) in [5.41, 5.74) is 0. The van der Waals surface area contributed by atoms with E-state index in [9.17, 15) is 13.6 Å². The van der Waals surface area contributed by atoms with Gasteiger partial charge in [-0.25, -0.2) is 13.6 Å². The van der Waals surface area contributed by atoms with Crippen LogP contribution in [0.3, 0.4) is 0 Å². The number of carbonyl (C=O) groups is 1. The van der Waals surface area contributed by atoms with E-state index < -0.39 is 11.8 Å². The van der Waals surface area contributed by atoms with Gasteiger partial charge in [-0.05, 0) is 36.4 Å². The molecule has 0 aliphatic heterocycles. The van der Waals surface area contributed by atoms with Crippen molar-refractivity contribution in [2.45, 2.75) is 6.61 Å². The summed E-state index contributed by atoms with van der Waals surface area (Å²) in [6.07, 6.45) is 0. The first-order valence-electron chi connectivity index (χ1n) is 7.35. The lowest BCUT2D eigenvalue weighted by Gasteiger charge is -2.00. The molecule has 26 heavy (non-hydrogen) atoms. The minimum absolute atomic E-state index is 0.0294. The Labute approximate surface area is 164 Å². The Bertz CT molecular complexity index is 1090. The molecule has 4 rings (SSSR count). The van der Waals surface area contributed by atoms with Crippen molar-refractivity contribution >= 4 is 72.0 Å². The van der Waals surface area contributed by atoms with Crippen LogP contribution in [0, 0.1) is 11.6 Å².